The van der Waals surface area contributed by atoms with Crippen LogP contribution in [0.4, 0.5) is 0 Å². The monoisotopic (exact) mass is 278 g/mol. The molecule has 0 N–H and O–H groups in total. The number of rotatable bonds is 0. The maximum atomic E-state index is 2.43. The summed E-state index contributed by atoms with van der Waals surface area (Å²) >= 11 is 0. The Balaban J connectivity index is 2.06. The first-order valence-corrected chi connectivity index (χ1v) is 9.65. The molecule has 0 bridgehead atoms. The summed E-state index contributed by atoms with van der Waals surface area (Å²) in [6.45, 7) is 0. The molecule has 0 heteroatoms. The van der Waals surface area contributed by atoms with Crippen LogP contribution in [-0.2, 0) is 0 Å². The minimum Gasteiger partial charge on any atom is -0.0885 e. The summed E-state index contributed by atoms with van der Waals surface area (Å²) in [5, 5.41) is 0. The summed E-state index contributed by atoms with van der Waals surface area (Å²) in [5.41, 5.74) is 0. The topological polar surface area (TPSA) is 0 Å². The molecule has 1 rings (SSSR count). The molecule has 0 spiro atoms. The van der Waals surface area contributed by atoms with Crippen LogP contribution in [0.15, 0.2) is 12.2 Å². The highest BCUT2D eigenvalue weighted by atomic mass is 14.0. The van der Waals surface area contributed by atoms with Gasteiger partial charge in [-0.3, -0.25) is 0 Å². The SMILES string of the molecule is C1=CCCCCCCCCCCCCCCCCCC1. The van der Waals surface area contributed by atoms with Crippen LogP contribution in [-0.4, -0.2) is 0 Å². The molecule has 1 aliphatic carbocycles. The van der Waals surface area contributed by atoms with Crippen molar-refractivity contribution in [1.29, 1.82) is 0 Å². The van der Waals surface area contributed by atoms with Crippen LogP contribution >= 0.6 is 0 Å². The van der Waals surface area contributed by atoms with E-state index in [0.717, 1.165) is 0 Å². The first-order chi connectivity index (χ1) is 10.0. The number of hydrogen-bond donors (Lipinski definition) is 0. The van der Waals surface area contributed by atoms with Crippen molar-refractivity contribution in [3.05, 3.63) is 12.2 Å². The average Bonchev–Trinajstić information content (AvgIpc) is 2.46. The van der Waals surface area contributed by atoms with E-state index in [-0.39, 0.29) is 0 Å². The highest BCUT2D eigenvalue weighted by molar-refractivity contribution is 4.81. The van der Waals surface area contributed by atoms with Gasteiger partial charge >= 0.3 is 0 Å². The van der Waals surface area contributed by atoms with E-state index in [1.54, 1.807) is 0 Å². The van der Waals surface area contributed by atoms with Crippen molar-refractivity contribution in [1.82, 2.24) is 0 Å². The van der Waals surface area contributed by atoms with Crippen LogP contribution in [0.2, 0.25) is 0 Å². The van der Waals surface area contributed by atoms with Gasteiger partial charge in [0, 0.05) is 0 Å². The Hall–Kier alpha value is -0.260. The third kappa shape index (κ3) is 12.8. The molecule has 118 valence electrons. The van der Waals surface area contributed by atoms with Crippen LogP contribution in [0.3, 0.4) is 0 Å². The summed E-state index contributed by atoms with van der Waals surface area (Å²) in [7, 11) is 0. The summed E-state index contributed by atoms with van der Waals surface area (Å²) in [6, 6.07) is 0. The third-order valence-electron chi connectivity index (χ3n) is 4.66. The Labute approximate surface area is 128 Å². The zero-order chi connectivity index (χ0) is 14.1. The van der Waals surface area contributed by atoms with Gasteiger partial charge in [-0.15, -0.1) is 0 Å². The molecule has 0 nitrogen and oxygen atoms in total. The Morgan fingerprint density at radius 2 is 0.450 bits per heavy atom. The van der Waals surface area contributed by atoms with Gasteiger partial charge in [0.25, 0.3) is 0 Å². The second-order valence-electron chi connectivity index (χ2n) is 6.71. The van der Waals surface area contributed by atoms with Gasteiger partial charge in [-0.05, 0) is 25.7 Å². The summed E-state index contributed by atoms with van der Waals surface area (Å²) in [6.07, 6.45) is 31.0. The predicted octanol–water partition coefficient (Wildman–Crippen LogP) is 7.58. The van der Waals surface area contributed by atoms with Crippen molar-refractivity contribution >= 4 is 0 Å². The second-order valence-corrected chi connectivity index (χ2v) is 6.71. The largest absolute Gasteiger partial charge is 0.0885 e. The minimum absolute atomic E-state index is 1.32. The Morgan fingerprint density at radius 3 is 0.700 bits per heavy atom. The van der Waals surface area contributed by atoms with E-state index in [1.807, 2.05) is 0 Å². The van der Waals surface area contributed by atoms with Gasteiger partial charge < -0.3 is 0 Å². The van der Waals surface area contributed by atoms with Gasteiger partial charge in [-0.2, -0.15) is 0 Å². The second kappa shape index (κ2) is 15.1. The van der Waals surface area contributed by atoms with Gasteiger partial charge in [0.15, 0.2) is 0 Å². The van der Waals surface area contributed by atoms with Gasteiger partial charge in [0.05, 0.1) is 0 Å². The first kappa shape index (κ1) is 17.8. The van der Waals surface area contributed by atoms with Gasteiger partial charge in [0.1, 0.15) is 0 Å². The molecule has 20 heavy (non-hydrogen) atoms. The summed E-state index contributed by atoms with van der Waals surface area (Å²) in [4.78, 5) is 0. The lowest BCUT2D eigenvalue weighted by molar-refractivity contribution is 0.527. The molecular formula is C20H38. The maximum absolute atomic E-state index is 2.43. The summed E-state index contributed by atoms with van der Waals surface area (Å²) < 4.78 is 0. The van der Waals surface area contributed by atoms with Crippen molar-refractivity contribution in [2.75, 3.05) is 0 Å². The normalized spacial score (nSPS) is 23.2. The molecule has 0 unspecified atom stereocenters. The van der Waals surface area contributed by atoms with E-state index >= 15 is 0 Å². The van der Waals surface area contributed by atoms with E-state index in [1.165, 1.54) is 116 Å². The lowest BCUT2D eigenvalue weighted by Gasteiger charge is -2.04. The lowest BCUT2D eigenvalue weighted by atomic mass is 10.0. The molecule has 0 fully saturated rings. The fourth-order valence-corrected chi connectivity index (χ4v) is 3.23. The smallest absolute Gasteiger partial charge is 0.0351 e. The van der Waals surface area contributed by atoms with Crippen LogP contribution in [0.25, 0.3) is 0 Å². The van der Waals surface area contributed by atoms with E-state index in [4.69, 9.17) is 0 Å². The van der Waals surface area contributed by atoms with Crippen LogP contribution < -0.4 is 0 Å². The molecular weight excluding hydrogens is 240 g/mol. The summed E-state index contributed by atoms with van der Waals surface area (Å²) in [5.74, 6) is 0. The minimum atomic E-state index is 1.32. The quantitative estimate of drug-likeness (QED) is 0.401. The van der Waals surface area contributed by atoms with Crippen molar-refractivity contribution in [2.45, 2.75) is 116 Å². The molecule has 0 radical (unpaired) electrons. The Kier molecular flexibility index (Phi) is 13.5. The molecule has 0 amide bonds. The van der Waals surface area contributed by atoms with Crippen molar-refractivity contribution < 1.29 is 0 Å². The van der Waals surface area contributed by atoms with Crippen molar-refractivity contribution in [2.24, 2.45) is 0 Å². The van der Waals surface area contributed by atoms with E-state index in [0.29, 0.717) is 0 Å². The molecule has 0 saturated carbocycles. The third-order valence-corrected chi connectivity index (χ3v) is 4.66. The average molecular weight is 279 g/mol. The Bertz CT molecular complexity index is 182. The fraction of sp³-hybridized carbons (Fsp3) is 0.900. The molecule has 0 aromatic heterocycles. The molecule has 0 heterocycles. The standard InChI is InChI=1S/C20H38/c1-2-4-6-8-10-12-14-16-18-20-19-17-15-13-11-9-7-5-3-1/h1-2H,3-20H2. The molecule has 0 aromatic carbocycles. The van der Waals surface area contributed by atoms with E-state index in [2.05, 4.69) is 12.2 Å². The van der Waals surface area contributed by atoms with E-state index < -0.39 is 0 Å². The first-order valence-electron chi connectivity index (χ1n) is 9.65. The van der Waals surface area contributed by atoms with E-state index in [9.17, 15) is 0 Å². The van der Waals surface area contributed by atoms with Gasteiger partial charge in [-0.25, -0.2) is 0 Å². The van der Waals surface area contributed by atoms with Crippen molar-refractivity contribution in [3.63, 3.8) is 0 Å². The predicted molar refractivity (Wildman–Crippen MR) is 92.2 cm³/mol. The molecule has 1 aliphatic rings. The fourth-order valence-electron chi connectivity index (χ4n) is 3.23. The highest BCUT2D eigenvalue weighted by Crippen LogP contribution is 2.15. The Morgan fingerprint density at radius 1 is 0.250 bits per heavy atom. The van der Waals surface area contributed by atoms with Crippen molar-refractivity contribution in [3.8, 4) is 0 Å². The molecule has 0 aromatic rings. The molecule has 0 atom stereocenters. The zero-order valence-electron chi connectivity index (χ0n) is 13.9. The number of allylic oxidation sites excluding steroid dienone is 2. The molecule has 0 saturated heterocycles. The zero-order valence-corrected chi connectivity index (χ0v) is 13.9. The number of hydrogen-bond acceptors (Lipinski definition) is 0. The van der Waals surface area contributed by atoms with Crippen LogP contribution in [0.1, 0.15) is 116 Å². The highest BCUT2D eigenvalue weighted by Gasteiger charge is 1.95. The lowest BCUT2D eigenvalue weighted by Crippen LogP contribution is -1.84. The van der Waals surface area contributed by atoms with Gasteiger partial charge in [0.2, 0.25) is 0 Å². The van der Waals surface area contributed by atoms with Gasteiger partial charge in [-0.1, -0.05) is 102 Å². The maximum Gasteiger partial charge on any atom is -0.0351 e. The van der Waals surface area contributed by atoms with Crippen LogP contribution in [0.5, 0.6) is 0 Å². The molecule has 0 aliphatic heterocycles. The van der Waals surface area contributed by atoms with Crippen LogP contribution in [0, 0.1) is 0 Å².